The van der Waals surface area contributed by atoms with Gasteiger partial charge in [-0.15, -0.1) is 0 Å². The molecule has 1 aliphatic carbocycles. The Labute approximate surface area is 96.4 Å². The number of nitrogens with zero attached hydrogens (tertiary/aromatic N) is 1. The van der Waals surface area contributed by atoms with Crippen molar-refractivity contribution in [3.8, 4) is 0 Å². The third-order valence-electron chi connectivity index (χ3n) is 4.18. The summed E-state index contributed by atoms with van der Waals surface area (Å²) in [6, 6.07) is 0.281. The lowest BCUT2D eigenvalue weighted by Gasteiger charge is -2.35. The molecule has 0 aromatic heterocycles. The van der Waals surface area contributed by atoms with Crippen LogP contribution < -0.4 is 5.32 Å². The third kappa shape index (κ3) is 1.93. The van der Waals surface area contributed by atoms with Gasteiger partial charge in [-0.1, -0.05) is 20.3 Å². The molecule has 0 radical (unpaired) electrons. The van der Waals surface area contributed by atoms with Gasteiger partial charge in [0.15, 0.2) is 0 Å². The van der Waals surface area contributed by atoms with Crippen LogP contribution >= 0.6 is 0 Å². The van der Waals surface area contributed by atoms with Gasteiger partial charge in [-0.3, -0.25) is 9.59 Å². The van der Waals surface area contributed by atoms with E-state index in [2.05, 4.69) is 19.2 Å². The van der Waals surface area contributed by atoms with Crippen LogP contribution in [0.5, 0.6) is 0 Å². The van der Waals surface area contributed by atoms with Gasteiger partial charge in [-0.2, -0.15) is 0 Å². The molecule has 1 aliphatic heterocycles. The number of piperazine rings is 1. The Kier molecular flexibility index (Phi) is 3.17. The molecule has 0 bridgehead atoms. The van der Waals surface area contributed by atoms with E-state index in [0.717, 1.165) is 6.42 Å². The molecule has 0 aromatic carbocycles. The summed E-state index contributed by atoms with van der Waals surface area (Å²) in [5.74, 6) is 1.29. The maximum absolute atomic E-state index is 11.8. The van der Waals surface area contributed by atoms with Gasteiger partial charge in [0.1, 0.15) is 0 Å². The summed E-state index contributed by atoms with van der Waals surface area (Å²) >= 11 is 0. The van der Waals surface area contributed by atoms with Crippen molar-refractivity contribution in [3.63, 3.8) is 0 Å². The van der Waals surface area contributed by atoms with Gasteiger partial charge in [0.25, 0.3) is 0 Å². The van der Waals surface area contributed by atoms with E-state index < -0.39 is 0 Å². The average Bonchev–Trinajstić information content (AvgIpc) is 2.63. The largest absolute Gasteiger partial charge is 0.345 e. The summed E-state index contributed by atoms with van der Waals surface area (Å²) in [4.78, 5) is 24.9. The fourth-order valence-corrected chi connectivity index (χ4v) is 3.12. The topological polar surface area (TPSA) is 49.4 Å². The summed E-state index contributed by atoms with van der Waals surface area (Å²) in [6.45, 7) is 4.85. The van der Waals surface area contributed by atoms with E-state index in [-0.39, 0.29) is 30.9 Å². The second-order valence-corrected chi connectivity index (χ2v) is 4.97. The molecule has 1 heterocycles. The molecule has 3 unspecified atom stereocenters. The molecule has 4 nitrogen and oxygen atoms in total. The normalized spacial score (nSPS) is 35.4. The first-order valence-electron chi connectivity index (χ1n) is 6.19. The maximum atomic E-state index is 11.8. The highest BCUT2D eigenvalue weighted by Gasteiger charge is 2.39. The monoisotopic (exact) mass is 224 g/mol. The van der Waals surface area contributed by atoms with E-state index in [1.165, 1.54) is 12.8 Å². The Morgan fingerprint density at radius 2 is 2.12 bits per heavy atom. The van der Waals surface area contributed by atoms with Crippen molar-refractivity contribution in [2.75, 3.05) is 13.1 Å². The molecule has 0 spiro atoms. The van der Waals surface area contributed by atoms with E-state index >= 15 is 0 Å². The van der Waals surface area contributed by atoms with Crippen LogP contribution in [0.4, 0.5) is 0 Å². The molecule has 2 rings (SSSR count). The van der Waals surface area contributed by atoms with Crippen LogP contribution in [0, 0.1) is 11.8 Å². The van der Waals surface area contributed by atoms with Crippen molar-refractivity contribution < 1.29 is 9.59 Å². The first kappa shape index (κ1) is 11.4. The second kappa shape index (κ2) is 4.44. The fraction of sp³-hybridized carbons (Fsp3) is 0.833. The number of carbonyl (C=O) groups excluding carboxylic acids is 2. The van der Waals surface area contributed by atoms with Crippen molar-refractivity contribution in [1.82, 2.24) is 10.2 Å². The Balaban J connectivity index is 2.06. The van der Waals surface area contributed by atoms with E-state index in [0.29, 0.717) is 11.8 Å². The van der Waals surface area contributed by atoms with Gasteiger partial charge in [0.2, 0.25) is 11.8 Å². The van der Waals surface area contributed by atoms with Crippen LogP contribution in [0.2, 0.25) is 0 Å². The van der Waals surface area contributed by atoms with E-state index in [4.69, 9.17) is 0 Å². The Hall–Kier alpha value is -1.06. The number of hydrogen-bond acceptors (Lipinski definition) is 2. The first-order valence-corrected chi connectivity index (χ1v) is 6.19. The molecule has 0 aromatic rings. The Bertz CT molecular complexity index is 303. The highest BCUT2D eigenvalue weighted by molar-refractivity contribution is 5.92. The zero-order valence-electron chi connectivity index (χ0n) is 10.0. The lowest BCUT2D eigenvalue weighted by Crippen LogP contribution is -2.56. The number of hydrogen-bond donors (Lipinski definition) is 1. The molecule has 90 valence electrons. The summed E-state index contributed by atoms with van der Waals surface area (Å²) in [7, 11) is 0. The van der Waals surface area contributed by atoms with Gasteiger partial charge in [0, 0.05) is 6.04 Å². The summed E-state index contributed by atoms with van der Waals surface area (Å²) < 4.78 is 0. The predicted molar refractivity (Wildman–Crippen MR) is 60.7 cm³/mol. The molecule has 4 heteroatoms. The lowest BCUT2D eigenvalue weighted by atomic mass is 9.92. The highest BCUT2D eigenvalue weighted by atomic mass is 16.2. The second-order valence-electron chi connectivity index (χ2n) is 4.97. The molecule has 1 saturated heterocycles. The fourth-order valence-electron chi connectivity index (χ4n) is 3.12. The van der Waals surface area contributed by atoms with Gasteiger partial charge in [-0.05, 0) is 24.7 Å². The number of rotatable bonds is 2. The van der Waals surface area contributed by atoms with Gasteiger partial charge in [-0.25, -0.2) is 0 Å². The van der Waals surface area contributed by atoms with Gasteiger partial charge < -0.3 is 10.2 Å². The highest BCUT2D eigenvalue weighted by Crippen LogP contribution is 2.37. The van der Waals surface area contributed by atoms with Gasteiger partial charge >= 0.3 is 0 Å². The Morgan fingerprint density at radius 3 is 2.75 bits per heavy atom. The molecular weight excluding hydrogens is 204 g/mol. The average molecular weight is 224 g/mol. The number of carbonyl (C=O) groups is 2. The third-order valence-corrected chi connectivity index (χ3v) is 4.18. The van der Waals surface area contributed by atoms with E-state index in [1.807, 2.05) is 0 Å². The van der Waals surface area contributed by atoms with Crippen LogP contribution in [-0.2, 0) is 9.59 Å². The van der Waals surface area contributed by atoms with Gasteiger partial charge in [0.05, 0.1) is 13.1 Å². The van der Waals surface area contributed by atoms with Crippen molar-refractivity contribution in [1.29, 1.82) is 0 Å². The number of amides is 2. The molecule has 2 aliphatic rings. The first-order chi connectivity index (χ1) is 7.63. The predicted octanol–water partition coefficient (Wildman–Crippen LogP) is 0.770. The van der Waals surface area contributed by atoms with Crippen molar-refractivity contribution in [2.45, 2.75) is 39.2 Å². The minimum absolute atomic E-state index is 0.0215. The molecular formula is C12H20N2O2. The zero-order chi connectivity index (χ0) is 11.7. The van der Waals surface area contributed by atoms with Crippen LogP contribution in [-0.4, -0.2) is 35.8 Å². The molecule has 16 heavy (non-hydrogen) atoms. The summed E-state index contributed by atoms with van der Waals surface area (Å²) in [5.41, 5.74) is 0. The quantitative estimate of drug-likeness (QED) is 0.753. The minimum Gasteiger partial charge on any atom is -0.345 e. The van der Waals surface area contributed by atoms with Crippen molar-refractivity contribution in [2.24, 2.45) is 11.8 Å². The van der Waals surface area contributed by atoms with E-state index in [9.17, 15) is 9.59 Å². The number of nitrogens with one attached hydrogen (secondary N) is 1. The molecule has 3 atom stereocenters. The minimum atomic E-state index is -0.0215. The standard InChI is InChI=1S/C12H20N2O2/c1-3-9-4-5-10(8(9)2)14-7-11(15)13-6-12(14)16/h8-10H,3-7H2,1-2H3,(H,13,15). The molecule has 1 N–H and O–H groups in total. The van der Waals surface area contributed by atoms with Crippen LogP contribution in [0.25, 0.3) is 0 Å². The van der Waals surface area contributed by atoms with E-state index in [1.54, 1.807) is 4.90 Å². The molecule has 2 fully saturated rings. The Morgan fingerprint density at radius 1 is 1.38 bits per heavy atom. The smallest absolute Gasteiger partial charge is 0.242 e. The SMILES string of the molecule is CCC1CCC(N2CC(=O)NCC2=O)C1C. The molecule has 2 amide bonds. The summed E-state index contributed by atoms with van der Waals surface area (Å²) in [6.07, 6.45) is 3.41. The van der Waals surface area contributed by atoms with Crippen molar-refractivity contribution >= 4 is 11.8 Å². The van der Waals surface area contributed by atoms with Crippen LogP contribution in [0.1, 0.15) is 33.1 Å². The maximum Gasteiger partial charge on any atom is 0.242 e. The summed E-state index contributed by atoms with van der Waals surface area (Å²) in [5, 5.41) is 2.60. The van der Waals surface area contributed by atoms with Crippen LogP contribution in [0.15, 0.2) is 0 Å². The van der Waals surface area contributed by atoms with Crippen LogP contribution in [0.3, 0.4) is 0 Å². The molecule has 1 saturated carbocycles. The lowest BCUT2D eigenvalue weighted by molar-refractivity contribution is -0.143. The van der Waals surface area contributed by atoms with Crippen molar-refractivity contribution in [3.05, 3.63) is 0 Å². The zero-order valence-corrected chi connectivity index (χ0v) is 10.0.